The third-order valence-electron chi connectivity index (χ3n) is 2.35. The van der Waals surface area contributed by atoms with Crippen molar-refractivity contribution in [2.45, 2.75) is 13.5 Å². The molecule has 0 atom stereocenters. The van der Waals surface area contributed by atoms with Gasteiger partial charge in [-0.2, -0.15) is 0 Å². The van der Waals surface area contributed by atoms with Crippen LogP contribution in [0.2, 0.25) is 4.34 Å². The summed E-state index contributed by atoms with van der Waals surface area (Å²) in [6, 6.07) is 9.59. The van der Waals surface area contributed by atoms with E-state index >= 15 is 0 Å². The Morgan fingerprint density at radius 1 is 1.37 bits per heavy atom. The Kier molecular flexibility index (Phi) is 4.85. The number of nitrogens with one attached hydrogen (secondary N) is 2. The summed E-state index contributed by atoms with van der Waals surface area (Å²) >= 11 is 10.9. The first-order valence-electron chi connectivity index (χ1n) is 5.60. The standard InChI is InChI=1S/C13H12BrClN2OS/c1-8(18)17-10-4-2-3-9(5-10)16-7-11-6-12(14)13(15)19-11/h2-6,16H,7H2,1H3,(H,17,18). The van der Waals surface area contributed by atoms with E-state index in [4.69, 9.17) is 11.6 Å². The quantitative estimate of drug-likeness (QED) is 0.828. The number of hydrogen-bond acceptors (Lipinski definition) is 3. The molecule has 19 heavy (non-hydrogen) atoms. The van der Waals surface area contributed by atoms with E-state index in [1.54, 1.807) is 0 Å². The van der Waals surface area contributed by atoms with Gasteiger partial charge in [-0.25, -0.2) is 0 Å². The summed E-state index contributed by atoms with van der Waals surface area (Å²) in [5, 5.41) is 6.05. The van der Waals surface area contributed by atoms with Crippen LogP contribution in [-0.4, -0.2) is 5.91 Å². The molecule has 1 amide bonds. The van der Waals surface area contributed by atoms with Crippen molar-refractivity contribution in [3.63, 3.8) is 0 Å². The zero-order valence-electron chi connectivity index (χ0n) is 10.2. The first-order valence-corrected chi connectivity index (χ1v) is 7.58. The second-order valence-electron chi connectivity index (χ2n) is 3.95. The topological polar surface area (TPSA) is 41.1 Å². The van der Waals surface area contributed by atoms with Gasteiger partial charge in [-0.05, 0) is 40.2 Å². The van der Waals surface area contributed by atoms with E-state index in [1.807, 2.05) is 30.3 Å². The highest BCUT2D eigenvalue weighted by Crippen LogP contribution is 2.32. The zero-order chi connectivity index (χ0) is 13.8. The van der Waals surface area contributed by atoms with Gasteiger partial charge in [0.25, 0.3) is 0 Å². The third-order valence-corrected chi connectivity index (χ3v) is 4.82. The summed E-state index contributed by atoms with van der Waals surface area (Å²) < 4.78 is 1.67. The molecule has 0 saturated heterocycles. The number of anilines is 2. The maximum absolute atomic E-state index is 11.0. The molecule has 0 radical (unpaired) electrons. The Morgan fingerprint density at radius 3 is 2.74 bits per heavy atom. The fourth-order valence-electron chi connectivity index (χ4n) is 1.58. The van der Waals surface area contributed by atoms with Crippen LogP contribution in [-0.2, 0) is 11.3 Å². The van der Waals surface area contributed by atoms with Crippen LogP contribution in [0, 0.1) is 0 Å². The van der Waals surface area contributed by atoms with E-state index in [1.165, 1.54) is 18.3 Å². The van der Waals surface area contributed by atoms with Gasteiger partial charge in [0.1, 0.15) is 4.34 Å². The van der Waals surface area contributed by atoms with Crippen molar-refractivity contribution in [2.75, 3.05) is 10.6 Å². The highest BCUT2D eigenvalue weighted by atomic mass is 79.9. The Labute approximate surface area is 129 Å². The van der Waals surface area contributed by atoms with Gasteiger partial charge in [-0.3, -0.25) is 4.79 Å². The molecule has 0 unspecified atom stereocenters. The van der Waals surface area contributed by atoms with Crippen molar-refractivity contribution in [1.29, 1.82) is 0 Å². The zero-order valence-corrected chi connectivity index (χ0v) is 13.3. The van der Waals surface area contributed by atoms with Crippen molar-refractivity contribution in [3.8, 4) is 0 Å². The lowest BCUT2D eigenvalue weighted by Crippen LogP contribution is -2.06. The molecular weight excluding hydrogens is 348 g/mol. The lowest BCUT2D eigenvalue weighted by Gasteiger charge is -2.07. The molecule has 0 saturated carbocycles. The van der Waals surface area contributed by atoms with E-state index in [-0.39, 0.29) is 5.91 Å². The summed E-state index contributed by atoms with van der Waals surface area (Å²) in [6.07, 6.45) is 0. The van der Waals surface area contributed by atoms with Crippen LogP contribution in [0.15, 0.2) is 34.8 Å². The van der Waals surface area contributed by atoms with Gasteiger partial charge in [0.05, 0.1) is 0 Å². The largest absolute Gasteiger partial charge is 0.380 e. The highest BCUT2D eigenvalue weighted by Gasteiger charge is 2.04. The molecule has 0 spiro atoms. The molecule has 2 rings (SSSR count). The van der Waals surface area contributed by atoms with Gasteiger partial charge in [0.15, 0.2) is 0 Å². The average Bonchev–Trinajstić information content (AvgIpc) is 2.66. The molecule has 6 heteroatoms. The smallest absolute Gasteiger partial charge is 0.221 e. The minimum atomic E-state index is -0.0777. The van der Waals surface area contributed by atoms with Crippen molar-refractivity contribution >= 4 is 56.1 Å². The molecule has 2 aromatic rings. The van der Waals surface area contributed by atoms with Crippen LogP contribution in [0.3, 0.4) is 0 Å². The number of benzene rings is 1. The van der Waals surface area contributed by atoms with Gasteiger partial charge in [-0.1, -0.05) is 17.7 Å². The first kappa shape index (κ1) is 14.4. The number of rotatable bonds is 4. The Morgan fingerprint density at radius 2 is 2.11 bits per heavy atom. The van der Waals surface area contributed by atoms with Gasteiger partial charge in [0, 0.05) is 34.2 Å². The number of halogens is 2. The lowest BCUT2D eigenvalue weighted by molar-refractivity contribution is -0.114. The Balaban J connectivity index is 2.01. The van der Waals surface area contributed by atoms with Crippen LogP contribution in [0.25, 0.3) is 0 Å². The highest BCUT2D eigenvalue weighted by molar-refractivity contribution is 9.10. The second-order valence-corrected chi connectivity index (χ2v) is 6.54. The van der Waals surface area contributed by atoms with E-state index in [2.05, 4.69) is 26.6 Å². The first-order chi connectivity index (χ1) is 9.04. The minimum absolute atomic E-state index is 0.0777. The van der Waals surface area contributed by atoms with Crippen molar-refractivity contribution in [1.82, 2.24) is 0 Å². The lowest BCUT2D eigenvalue weighted by atomic mass is 10.2. The van der Waals surface area contributed by atoms with Crippen molar-refractivity contribution in [3.05, 3.63) is 44.0 Å². The number of hydrogen-bond donors (Lipinski definition) is 2. The Hall–Kier alpha value is -1.04. The van der Waals surface area contributed by atoms with Gasteiger partial charge >= 0.3 is 0 Å². The molecule has 100 valence electrons. The van der Waals surface area contributed by atoms with Crippen LogP contribution in [0.5, 0.6) is 0 Å². The molecule has 0 bridgehead atoms. The fraction of sp³-hybridized carbons (Fsp3) is 0.154. The molecule has 3 nitrogen and oxygen atoms in total. The van der Waals surface area contributed by atoms with E-state index < -0.39 is 0 Å². The Bertz CT molecular complexity index is 581. The van der Waals surface area contributed by atoms with Gasteiger partial charge < -0.3 is 10.6 Å². The molecule has 0 aliphatic carbocycles. The maximum Gasteiger partial charge on any atom is 0.221 e. The molecule has 0 aliphatic heterocycles. The fourth-order valence-corrected chi connectivity index (χ4v) is 3.31. The van der Waals surface area contributed by atoms with Crippen LogP contribution >= 0.6 is 38.9 Å². The normalized spacial score (nSPS) is 10.3. The molecule has 0 fully saturated rings. The number of amides is 1. The van der Waals surface area contributed by atoms with Crippen LogP contribution in [0.4, 0.5) is 11.4 Å². The summed E-state index contributed by atoms with van der Waals surface area (Å²) in [4.78, 5) is 12.1. The molecular formula is C13H12BrClN2OS. The maximum atomic E-state index is 11.0. The van der Waals surface area contributed by atoms with Crippen LogP contribution < -0.4 is 10.6 Å². The number of thiophene rings is 1. The van der Waals surface area contributed by atoms with E-state index in [0.29, 0.717) is 6.54 Å². The number of carbonyl (C=O) groups excluding carboxylic acids is 1. The number of carbonyl (C=O) groups is 1. The van der Waals surface area contributed by atoms with E-state index in [9.17, 15) is 4.79 Å². The van der Waals surface area contributed by atoms with E-state index in [0.717, 1.165) is 25.1 Å². The minimum Gasteiger partial charge on any atom is -0.380 e. The molecule has 1 aromatic heterocycles. The van der Waals surface area contributed by atoms with Crippen molar-refractivity contribution < 1.29 is 4.79 Å². The van der Waals surface area contributed by atoms with Gasteiger partial charge in [-0.15, -0.1) is 11.3 Å². The monoisotopic (exact) mass is 358 g/mol. The summed E-state index contributed by atoms with van der Waals surface area (Å²) in [5.74, 6) is -0.0777. The SMILES string of the molecule is CC(=O)Nc1cccc(NCc2cc(Br)c(Cl)s2)c1. The average molecular weight is 360 g/mol. The molecule has 2 N–H and O–H groups in total. The second kappa shape index (κ2) is 6.41. The molecule has 1 heterocycles. The molecule has 1 aromatic carbocycles. The van der Waals surface area contributed by atoms with Gasteiger partial charge in [0.2, 0.25) is 5.91 Å². The van der Waals surface area contributed by atoms with Crippen LogP contribution in [0.1, 0.15) is 11.8 Å². The van der Waals surface area contributed by atoms with Crippen molar-refractivity contribution in [2.24, 2.45) is 0 Å². The summed E-state index contributed by atoms with van der Waals surface area (Å²) in [7, 11) is 0. The molecule has 0 aliphatic rings. The summed E-state index contributed by atoms with van der Waals surface area (Å²) in [5.41, 5.74) is 1.73. The predicted octanol–water partition coefficient (Wildman–Crippen LogP) is 4.73. The summed E-state index contributed by atoms with van der Waals surface area (Å²) in [6.45, 7) is 2.19. The predicted molar refractivity (Wildman–Crippen MR) is 85.1 cm³/mol. The third kappa shape index (κ3) is 4.23.